The zero-order valence-corrected chi connectivity index (χ0v) is 25.5. The molecular formula is C26H31Br2N3O9. The SMILES string of the molecule is Br.CC1c2ccc(NC(=O)C(C)(C)Br)c(O)c2C(O)=C2C(=O)C3(O)C(O)=C(C(N)=O)C(=O)[C@@H](N(C)C)C3C(O)C21. The maximum Gasteiger partial charge on any atom is 0.255 e. The second kappa shape index (κ2) is 10.2. The molecule has 1 aromatic rings. The van der Waals surface area contributed by atoms with E-state index in [0.29, 0.717) is 5.56 Å². The number of anilines is 1. The van der Waals surface area contributed by atoms with Crippen LogP contribution in [0.3, 0.4) is 0 Å². The van der Waals surface area contributed by atoms with Crippen molar-refractivity contribution in [2.75, 3.05) is 19.4 Å². The molecule has 1 fully saturated rings. The Morgan fingerprint density at radius 3 is 2.23 bits per heavy atom. The molecule has 3 aliphatic rings. The number of aliphatic hydroxyl groups is 4. The van der Waals surface area contributed by atoms with E-state index in [0.717, 1.165) is 0 Å². The Labute approximate surface area is 248 Å². The fraction of sp³-hybridized carbons (Fsp3) is 0.462. The molecule has 0 bridgehead atoms. The minimum atomic E-state index is -2.99. The Kier molecular flexibility index (Phi) is 8.13. The second-order valence-corrected chi connectivity index (χ2v) is 12.9. The number of hydrogen-bond acceptors (Lipinski definition) is 10. The summed E-state index contributed by atoms with van der Waals surface area (Å²) in [6.45, 7) is 4.79. The number of aromatic hydroxyl groups is 1. The number of amides is 2. The van der Waals surface area contributed by atoms with Gasteiger partial charge in [-0.15, -0.1) is 17.0 Å². The van der Waals surface area contributed by atoms with Gasteiger partial charge in [0.05, 0.1) is 33.6 Å². The number of hydrogen-bond donors (Lipinski definition) is 7. The van der Waals surface area contributed by atoms with Gasteiger partial charge >= 0.3 is 0 Å². The molecule has 0 aromatic heterocycles. The van der Waals surface area contributed by atoms with Crippen molar-refractivity contribution in [1.82, 2.24) is 4.90 Å². The van der Waals surface area contributed by atoms with Crippen LogP contribution in [0.5, 0.6) is 5.75 Å². The molecule has 40 heavy (non-hydrogen) atoms. The lowest BCUT2D eigenvalue weighted by atomic mass is 9.54. The van der Waals surface area contributed by atoms with Gasteiger partial charge in [0, 0.05) is 11.5 Å². The van der Waals surface area contributed by atoms with Crippen molar-refractivity contribution in [3.8, 4) is 5.75 Å². The first kappa shape index (κ1) is 31.7. The predicted octanol–water partition coefficient (Wildman–Crippen LogP) is 1.19. The summed E-state index contributed by atoms with van der Waals surface area (Å²) in [4.78, 5) is 53.0. The van der Waals surface area contributed by atoms with Crippen LogP contribution in [-0.4, -0.2) is 90.0 Å². The number of nitrogens with zero attached hydrogens (tertiary/aromatic N) is 1. The third-order valence-electron chi connectivity index (χ3n) is 7.92. The van der Waals surface area contributed by atoms with Crippen LogP contribution >= 0.6 is 32.9 Å². The van der Waals surface area contributed by atoms with Crippen LogP contribution < -0.4 is 11.1 Å². The number of carbonyl (C=O) groups excluding carboxylic acids is 4. The van der Waals surface area contributed by atoms with Crippen molar-refractivity contribution in [2.24, 2.45) is 17.6 Å². The summed E-state index contributed by atoms with van der Waals surface area (Å²) in [5.41, 5.74) is 0.863. The molecule has 8 N–H and O–H groups in total. The van der Waals surface area contributed by atoms with Crippen LogP contribution in [0, 0.1) is 11.8 Å². The van der Waals surface area contributed by atoms with Crippen LogP contribution in [0.25, 0.3) is 5.76 Å². The van der Waals surface area contributed by atoms with E-state index >= 15 is 0 Å². The molecule has 12 nitrogen and oxygen atoms in total. The number of primary amides is 1. The maximum absolute atomic E-state index is 14.0. The second-order valence-electron chi connectivity index (χ2n) is 10.9. The summed E-state index contributed by atoms with van der Waals surface area (Å²) in [7, 11) is 2.87. The lowest BCUT2D eigenvalue weighted by Crippen LogP contribution is -2.70. The number of Topliss-reactive ketones (excluding diaryl/α,β-unsaturated/α-hetero) is 2. The van der Waals surface area contributed by atoms with E-state index in [-0.39, 0.29) is 28.2 Å². The monoisotopic (exact) mass is 687 g/mol. The van der Waals surface area contributed by atoms with Crippen LogP contribution in [-0.2, 0) is 19.2 Å². The summed E-state index contributed by atoms with van der Waals surface area (Å²) in [6, 6.07) is 1.50. The van der Waals surface area contributed by atoms with E-state index < -0.39 is 91.6 Å². The van der Waals surface area contributed by atoms with Gasteiger partial charge in [-0.05, 0) is 45.5 Å². The number of aliphatic hydroxyl groups excluding tert-OH is 3. The summed E-state index contributed by atoms with van der Waals surface area (Å²) >= 11 is 3.22. The number of carbonyl (C=O) groups is 4. The van der Waals surface area contributed by atoms with E-state index in [4.69, 9.17) is 5.73 Å². The van der Waals surface area contributed by atoms with Gasteiger partial charge in [-0.25, -0.2) is 0 Å². The summed E-state index contributed by atoms with van der Waals surface area (Å²) in [5.74, 6) is -10.3. The van der Waals surface area contributed by atoms with E-state index in [2.05, 4.69) is 21.2 Å². The quantitative estimate of drug-likeness (QED) is 0.136. The molecule has 2 amide bonds. The molecular weight excluding hydrogens is 658 g/mol. The first-order valence-electron chi connectivity index (χ1n) is 12.1. The fourth-order valence-electron chi connectivity index (χ4n) is 5.99. The molecule has 0 radical (unpaired) electrons. The lowest BCUT2D eigenvalue weighted by Gasteiger charge is -2.53. The van der Waals surface area contributed by atoms with Crippen molar-refractivity contribution < 1.29 is 44.7 Å². The summed E-state index contributed by atoms with van der Waals surface area (Å²) in [5, 5.41) is 59.2. The topological polar surface area (TPSA) is 211 Å². The molecule has 0 saturated heterocycles. The summed E-state index contributed by atoms with van der Waals surface area (Å²) in [6.07, 6.45) is -1.68. The predicted molar refractivity (Wildman–Crippen MR) is 152 cm³/mol. The highest BCUT2D eigenvalue weighted by Gasteiger charge is 2.68. The average Bonchev–Trinajstić information content (AvgIpc) is 2.81. The number of nitrogens with one attached hydrogen (secondary N) is 1. The van der Waals surface area contributed by atoms with Crippen LogP contribution in [0.1, 0.15) is 37.8 Å². The third-order valence-corrected chi connectivity index (χ3v) is 8.28. The molecule has 218 valence electrons. The molecule has 0 spiro atoms. The highest BCUT2D eigenvalue weighted by atomic mass is 79.9. The zero-order valence-electron chi connectivity index (χ0n) is 22.2. The molecule has 4 rings (SSSR count). The normalized spacial score (nSPS) is 29.9. The number of alkyl halides is 1. The highest BCUT2D eigenvalue weighted by Crippen LogP contribution is 2.56. The lowest BCUT2D eigenvalue weighted by molar-refractivity contribution is -0.169. The Hall–Kier alpha value is -2.78. The van der Waals surface area contributed by atoms with Gasteiger partial charge in [0.1, 0.15) is 22.8 Å². The van der Waals surface area contributed by atoms with Crippen LogP contribution in [0.4, 0.5) is 5.69 Å². The molecule has 1 saturated carbocycles. The molecule has 14 heteroatoms. The third kappa shape index (κ3) is 4.28. The molecule has 0 heterocycles. The average molecular weight is 689 g/mol. The smallest absolute Gasteiger partial charge is 0.255 e. The molecule has 1 aromatic carbocycles. The van der Waals surface area contributed by atoms with Gasteiger partial charge in [-0.1, -0.05) is 28.9 Å². The van der Waals surface area contributed by atoms with E-state index in [1.54, 1.807) is 20.8 Å². The van der Waals surface area contributed by atoms with Gasteiger partial charge in [0.15, 0.2) is 11.4 Å². The van der Waals surface area contributed by atoms with Crippen molar-refractivity contribution in [2.45, 2.75) is 48.8 Å². The number of phenolic OH excluding ortho intramolecular Hbond substituents is 1. The Balaban J connectivity index is 0.00000441. The first-order chi connectivity index (χ1) is 17.9. The van der Waals surface area contributed by atoms with Gasteiger partial charge in [0.25, 0.3) is 5.91 Å². The minimum absolute atomic E-state index is 0. The number of phenols is 1. The van der Waals surface area contributed by atoms with Crippen molar-refractivity contribution in [1.29, 1.82) is 0 Å². The summed E-state index contributed by atoms with van der Waals surface area (Å²) < 4.78 is -1.00. The Morgan fingerprint density at radius 2 is 1.73 bits per heavy atom. The van der Waals surface area contributed by atoms with Gasteiger partial charge < -0.3 is 36.6 Å². The number of nitrogens with two attached hydrogens (primary N) is 1. The van der Waals surface area contributed by atoms with Crippen molar-refractivity contribution in [3.63, 3.8) is 0 Å². The van der Waals surface area contributed by atoms with Gasteiger partial charge in [0.2, 0.25) is 11.7 Å². The number of ketones is 2. The molecule has 0 aliphatic heterocycles. The standard InChI is InChI=1S/C26H30BrN3O9.BrH/c1-8-9-6-7-10(29-24(38)25(2,3)27)17(31)12(9)18(32)13-11(8)19(33)15-16(30(4)5)20(34)14(23(28)37)22(36)26(15,39)21(13)35;/h6-8,11,15-16,19,31-33,36,39H,1-5H3,(H2,28,37)(H,29,38);1H/t8?,11?,15?,16-,19?,26?;/m0./s1. The fourth-order valence-corrected chi connectivity index (χ4v) is 6.09. The number of benzene rings is 1. The van der Waals surface area contributed by atoms with E-state index in [1.165, 1.54) is 31.1 Å². The van der Waals surface area contributed by atoms with Crippen molar-refractivity contribution >= 4 is 67.7 Å². The van der Waals surface area contributed by atoms with Crippen LogP contribution in [0.2, 0.25) is 0 Å². The van der Waals surface area contributed by atoms with Gasteiger partial charge in [-0.3, -0.25) is 24.1 Å². The van der Waals surface area contributed by atoms with Crippen molar-refractivity contribution in [3.05, 3.63) is 40.2 Å². The molecule has 5 unspecified atom stereocenters. The first-order valence-corrected chi connectivity index (χ1v) is 12.9. The zero-order chi connectivity index (χ0) is 29.5. The Morgan fingerprint density at radius 1 is 1.15 bits per heavy atom. The van der Waals surface area contributed by atoms with E-state index in [1.807, 2.05) is 0 Å². The van der Waals surface area contributed by atoms with Crippen LogP contribution in [0.15, 0.2) is 29.0 Å². The number of likely N-dealkylation sites (N-methyl/N-ethyl adjacent to an activating group) is 1. The van der Waals surface area contributed by atoms with E-state index in [9.17, 15) is 44.7 Å². The number of fused-ring (bicyclic) bond motifs is 3. The number of halogens is 2. The minimum Gasteiger partial charge on any atom is -0.508 e. The van der Waals surface area contributed by atoms with Gasteiger partial charge in [-0.2, -0.15) is 0 Å². The highest BCUT2D eigenvalue weighted by molar-refractivity contribution is 9.10. The number of rotatable bonds is 4. The largest absolute Gasteiger partial charge is 0.508 e. The Bertz CT molecular complexity index is 1400. The molecule has 6 atom stereocenters. The maximum atomic E-state index is 14.0. The molecule has 3 aliphatic carbocycles.